The molecule has 1 saturated carbocycles. The van der Waals surface area contributed by atoms with Gasteiger partial charge in [0.1, 0.15) is 11.1 Å². The molecule has 2 atom stereocenters. The molecule has 2 rings (SSSR count). The second-order valence-electron chi connectivity index (χ2n) is 4.67. The lowest BCUT2D eigenvalue weighted by Gasteiger charge is -2.29. The van der Waals surface area contributed by atoms with Gasteiger partial charge in [0.15, 0.2) is 5.82 Å². The zero-order valence-corrected chi connectivity index (χ0v) is 11.8. The molecule has 1 aromatic rings. The zero-order chi connectivity index (χ0) is 13.1. The quantitative estimate of drug-likeness (QED) is 0.659. The first kappa shape index (κ1) is 13.7. The molecule has 0 saturated heterocycles. The molecule has 0 aliphatic heterocycles. The van der Waals surface area contributed by atoms with Gasteiger partial charge in [-0.15, -0.1) is 0 Å². The summed E-state index contributed by atoms with van der Waals surface area (Å²) in [6, 6.07) is 1.59. The number of nitrogens with one attached hydrogen (secondary N) is 1. The topological polar surface area (TPSA) is 60.2 Å². The van der Waals surface area contributed by atoms with Gasteiger partial charge >= 0.3 is 0 Å². The molecule has 1 heterocycles. The number of nitrogens with two attached hydrogens (primary N) is 1. The number of ether oxygens (including phenoxy) is 1. The van der Waals surface area contributed by atoms with Crippen LogP contribution in [0.1, 0.15) is 32.6 Å². The van der Waals surface area contributed by atoms with E-state index in [9.17, 15) is 0 Å². The minimum Gasteiger partial charge on any atom is -0.473 e. The SMILES string of the molecule is CC1CCCCC1Oc1nc(NN)c(Cl)cc1Cl. The molecule has 0 aromatic carbocycles. The predicted octanol–water partition coefficient (Wildman–Crippen LogP) is 3.63. The molecule has 1 aliphatic rings. The second kappa shape index (κ2) is 5.95. The second-order valence-corrected chi connectivity index (χ2v) is 5.48. The molecule has 2 unspecified atom stereocenters. The van der Waals surface area contributed by atoms with Crippen LogP contribution in [-0.2, 0) is 0 Å². The molecular weight excluding hydrogens is 273 g/mol. The van der Waals surface area contributed by atoms with E-state index in [0.717, 1.165) is 6.42 Å². The fourth-order valence-electron chi connectivity index (χ4n) is 2.23. The fourth-order valence-corrected chi connectivity index (χ4v) is 2.69. The van der Waals surface area contributed by atoms with Crippen molar-refractivity contribution in [3.63, 3.8) is 0 Å². The van der Waals surface area contributed by atoms with Crippen LogP contribution in [0.3, 0.4) is 0 Å². The van der Waals surface area contributed by atoms with E-state index in [-0.39, 0.29) is 6.10 Å². The minimum atomic E-state index is 0.163. The summed E-state index contributed by atoms with van der Waals surface area (Å²) < 4.78 is 5.90. The van der Waals surface area contributed by atoms with E-state index in [4.69, 9.17) is 33.8 Å². The number of nitrogens with zero attached hydrogens (tertiary/aromatic N) is 1. The Hall–Kier alpha value is -0.710. The molecule has 6 heteroatoms. The Balaban J connectivity index is 2.17. The number of hydrogen-bond donors (Lipinski definition) is 2. The first-order valence-electron chi connectivity index (χ1n) is 6.11. The molecule has 18 heavy (non-hydrogen) atoms. The summed E-state index contributed by atoms with van der Waals surface area (Å²) in [4.78, 5) is 4.20. The highest BCUT2D eigenvalue weighted by atomic mass is 35.5. The number of nitrogen functional groups attached to an aromatic ring is 1. The van der Waals surface area contributed by atoms with Gasteiger partial charge in [-0.3, -0.25) is 0 Å². The Kier molecular flexibility index (Phi) is 4.54. The van der Waals surface area contributed by atoms with Crippen LogP contribution in [0.2, 0.25) is 10.0 Å². The van der Waals surface area contributed by atoms with Crippen LogP contribution in [0.25, 0.3) is 0 Å². The number of anilines is 1. The summed E-state index contributed by atoms with van der Waals surface area (Å²) in [6.45, 7) is 2.19. The van der Waals surface area contributed by atoms with Crippen molar-refractivity contribution in [3.05, 3.63) is 16.1 Å². The third kappa shape index (κ3) is 2.99. The van der Waals surface area contributed by atoms with Gasteiger partial charge in [-0.1, -0.05) is 36.5 Å². The van der Waals surface area contributed by atoms with Crippen molar-refractivity contribution in [2.75, 3.05) is 5.43 Å². The van der Waals surface area contributed by atoms with E-state index in [1.54, 1.807) is 6.07 Å². The van der Waals surface area contributed by atoms with Crippen LogP contribution in [0.15, 0.2) is 6.07 Å². The maximum Gasteiger partial charge on any atom is 0.234 e. The van der Waals surface area contributed by atoms with E-state index in [0.29, 0.717) is 27.7 Å². The molecule has 0 radical (unpaired) electrons. The normalized spacial score (nSPS) is 23.8. The lowest BCUT2D eigenvalue weighted by atomic mass is 9.88. The van der Waals surface area contributed by atoms with Crippen LogP contribution < -0.4 is 16.0 Å². The van der Waals surface area contributed by atoms with Crippen LogP contribution >= 0.6 is 23.2 Å². The van der Waals surface area contributed by atoms with Gasteiger partial charge < -0.3 is 10.2 Å². The predicted molar refractivity (Wildman–Crippen MR) is 74.1 cm³/mol. The van der Waals surface area contributed by atoms with Crippen molar-refractivity contribution in [1.29, 1.82) is 0 Å². The smallest absolute Gasteiger partial charge is 0.234 e. The van der Waals surface area contributed by atoms with Crippen molar-refractivity contribution >= 4 is 29.0 Å². The van der Waals surface area contributed by atoms with Gasteiger partial charge in [-0.2, -0.15) is 4.98 Å². The number of halogens is 2. The third-order valence-corrected chi connectivity index (χ3v) is 3.89. The van der Waals surface area contributed by atoms with Gasteiger partial charge in [0.25, 0.3) is 0 Å². The van der Waals surface area contributed by atoms with Gasteiger partial charge in [-0.05, 0) is 31.2 Å². The molecule has 100 valence electrons. The maximum absolute atomic E-state index is 6.08. The maximum atomic E-state index is 6.08. The lowest BCUT2D eigenvalue weighted by molar-refractivity contribution is 0.0979. The average Bonchev–Trinajstić information content (AvgIpc) is 2.35. The lowest BCUT2D eigenvalue weighted by Crippen LogP contribution is -2.28. The molecule has 3 N–H and O–H groups in total. The summed E-state index contributed by atoms with van der Waals surface area (Å²) in [5.41, 5.74) is 2.43. The number of hydrazine groups is 1. The Morgan fingerprint density at radius 2 is 2.06 bits per heavy atom. The number of aromatic nitrogens is 1. The van der Waals surface area contributed by atoms with E-state index >= 15 is 0 Å². The highest BCUT2D eigenvalue weighted by Crippen LogP contribution is 2.34. The first-order chi connectivity index (χ1) is 8.61. The van der Waals surface area contributed by atoms with Crippen LogP contribution in [0, 0.1) is 5.92 Å². The van der Waals surface area contributed by atoms with E-state index < -0.39 is 0 Å². The third-order valence-electron chi connectivity index (χ3n) is 3.33. The molecular formula is C12H17Cl2N3O. The van der Waals surface area contributed by atoms with Gasteiger partial charge in [-0.25, -0.2) is 5.84 Å². The van der Waals surface area contributed by atoms with Gasteiger partial charge in [0.05, 0.1) is 5.02 Å². The van der Waals surface area contributed by atoms with Crippen molar-refractivity contribution in [3.8, 4) is 5.88 Å². The van der Waals surface area contributed by atoms with Crippen molar-refractivity contribution in [2.45, 2.75) is 38.7 Å². The Morgan fingerprint density at radius 1 is 1.33 bits per heavy atom. The summed E-state index contributed by atoms with van der Waals surface area (Å²) in [5, 5.41) is 0.795. The molecule has 0 bridgehead atoms. The molecule has 0 amide bonds. The van der Waals surface area contributed by atoms with Crippen LogP contribution in [-0.4, -0.2) is 11.1 Å². The van der Waals surface area contributed by atoms with Crippen molar-refractivity contribution < 1.29 is 4.74 Å². The van der Waals surface area contributed by atoms with Crippen molar-refractivity contribution in [2.24, 2.45) is 11.8 Å². The van der Waals surface area contributed by atoms with E-state index in [1.165, 1.54) is 19.3 Å². The molecule has 4 nitrogen and oxygen atoms in total. The van der Waals surface area contributed by atoms with Crippen LogP contribution in [0.4, 0.5) is 5.82 Å². The Bertz CT molecular complexity index is 428. The molecule has 1 aliphatic carbocycles. The monoisotopic (exact) mass is 289 g/mol. The Labute approximate surface area is 117 Å². The van der Waals surface area contributed by atoms with E-state index in [1.807, 2.05) is 0 Å². The zero-order valence-electron chi connectivity index (χ0n) is 10.2. The highest BCUT2D eigenvalue weighted by molar-refractivity contribution is 6.36. The molecule has 0 spiro atoms. The average molecular weight is 290 g/mol. The van der Waals surface area contributed by atoms with Crippen LogP contribution in [0.5, 0.6) is 5.88 Å². The summed E-state index contributed by atoms with van der Waals surface area (Å²) >= 11 is 12.0. The minimum absolute atomic E-state index is 0.163. The largest absolute Gasteiger partial charge is 0.473 e. The fraction of sp³-hybridized carbons (Fsp3) is 0.583. The highest BCUT2D eigenvalue weighted by Gasteiger charge is 2.24. The number of pyridine rings is 1. The van der Waals surface area contributed by atoms with E-state index in [2.05, 4.69) is 17.3 Å². The number of rotatable bonds is 3. The Morgan fingerprint density at radius 3 is 2.72 bits per heavy atom. The standard InChI is InChI=1S/C12H17Cl2N3O/c1-7-4-2-3-5-10(7)18-12-9(14)6-8(13)11(16-12)17-15/h6-7,10H,2-5,15H2,1H3,(H,16,17). The summed E-state index contributed by atoms with van der Waals surface area (Å²) in [5.74, 6) is 6.62. The summed E-state index contributed by atoms with van der Waals surface area (Å²) in [6.07, 6.45) is 4.82. The molecule has 1 fully saturated rings. The summed E-state index contributed by atoms with van der Waals surface area (Å²) in [7, 11) is 0. The van der Waals surface area contributed by atoms with Gasteiger partial charge in [0, 0.05) is 0 Å². The first-order valence-corrected chi connectivity index (χ1v) is 6.86. The van der Waals surface area contributed by atoms with Gasteiger partial charge in [0.2, 0.25) is 5.88 Å². The molecule has 1 aromatic heterocycles. The number of hydrogen-bond acceptors (Lipinski definition) is 4. The van der Waals surface area contributed by atoms with Crippen molar-refractivity contribution in [1.82, 2.24) is 4.98 Å².